The minimum absolute atomic E-state index is 0. The van der Waals surface area contributed by atoms with Crippen molar-refractivity contribution in [3.8, 4) is 0 Å². The molecule has 0 N–H and O–H groups in total. The Bertz CT molecular complexity index is 341. The predicted octanol–water partition coefficient (Wildman–Crippen LogP) is 4.83. The van der Waals surface area contributed by atoms with Crippen molar-refractivity contribution in [2.75, 3.05) is 0 Å². The first-order chi connectivity index (χ1) is 8.31. The van der Waals surface area contributed by atoms with E-state index in [0.29, 0.717) is 0 Å². The Morgan fingerprint density at radius 2 is 1.89 bits per heavy atom. The summed E-state index contributed by atoms with van der Waals surface area (Å²) in [5, 5.41) is 0. The van der Waals surface area contributed by atoms with Crippen molar-refractivity contribution in [1.82, 2.24) is 0 Å². The molecule has 0 amide bonds. The van der Waals surface area contributed by atoms with Crippen molar-refractivity contribution >= 4 is 35.6 Å². The summed E-state index contributed by atoms with van der Waals surface area (Å²) in [4.78, 5) is 0. The van der Waals surface area contributed by atoms with Gasteiger partial charge in [-0.15, -0.1) is 0 Å². The Balaban J connectivity index is 0.00000289. The van der Waals surface area contributed by atoms with Crippen LogP contribution in [0.1, 0.15) is 57.6 Å². The molecule has 0 aliphatic rings. The van der Waals surface area contributed by atoms with Crippen LogP contribution in [0.15, 0.2) is 30.3 Å². The first kappa shape index (κ1) is 18.0. The third-order valence-electron chi connectivity index (χ3n) is 3.45. The summed E-state index contributed by atoms with van der Waals surface area (Å²) >= 11 is 0. The van der Waals surface area contributed by atoms with Crippen molar-refractivity contribution in [1.29, 1.82) is 0 Å². The molecule has 0 aliphatic carbocycles. The minimum atomic E-state index is 0. The van der Waals surface area contributed by atoms with Gasteiger partial charge in [0.15, 0.2) is 0 Å². The van der Waals surface area contributed by atoms with Gasteiger partial charge in [-0.25, -0.2) is 0 Å². The SMILES string of the molecule is C/C=C\c1ccccc1CC(CC)CCCC.[NaH]. The van der Waals surface area contributed by atoms with E-state index in [4.69, 9.17) is 0 Å². The maximum atomic E-state index is 2.32. The molecule has 0 aromatic heterocycles. The predicted molar refractivity (Wildman–Crippen MR) is 85.3 cm³/mol. The molecular formula is C17H27Na. The number of benzene rings is 1. The van der Waals surface area contributed by atoms with E-state index in [1.807, 2.05) is 0 Å². The first-order valence-corrected chi connectivity index (χ1v) is 7.02. The van der Waals surface area contributed by atoms with Gasteiger partial charge in [0.2, 0.25) is 0 Å². The standard InChI is InChI=1S/C17H26.Na.H/c1-4-7-11-15(6-3)14-17-13-9-8-12-16(17)10-5-2;;/h5,8-10,12-13,15H,4,6-7,11,14H2,1-3H3;;/b10-5-;;. The second-order valence-corrected chi connectivity index (χ2v) is 4.82. The van der Waals surface area contributed by atoms with Crippen molar-refractivity contribution in [2.45, 2.75) is 52.9 Å². The number of hydrogen-bond acceptors (Lipinski definition) is 0. The Morgan fingerprint density at radius 3 is 2.50 bits per heavy atom. The van der Waals surface area contributed by atoms with Crippen LogP contribution >= 0.6 is 0 Å². The molecule has 1 aromatic rings. The third kappa shape index (κ3) is 6.22. The Hall–Kier alpha value is -0.0400. The Morgan fingerprint density at radius 1 is 1.17 bits per heavy atom. The fraction of sp³-hybridized carbons (Fsp3) is 0.529. The van der Waals surface area contributed by atoms with E-state index in [1.165, 1.54) is 43.2 Å². The molecule has 1 rings (SSSR count). The fourth-order valence-corrected chi connectivity index (χ4v) is 2.32. The summed E-state index contributed by atoms with van der Waals surface area (Å²) in [7, 11) is 0. The molecule has 0 heterocycles. The zero-order chi connectivity index (χ0) is 12.5. The van der Waals surface area contributed by atoms with Crippen LogP contribution in [0.3, 0.4) is 0 Å². The summed E-state index contributed by atoms with van der Waals surface area (Å²) in [5.41, 5.74) is 2.90. The number of allylic oxidation sites excluding steroid dienone is 1. The van der Waals surface area contributed by atoms with Gasteiger partial charge in [-0.05, 0) is 30.4 Å². The fourth-order valence-electron chi connectivity index (χ4n) is 2.32. The third-order valence-corrected chi connectivity index (χ3v) is 3.45. The summed E-state index contributed by atoms with van der Waals surface area (Å²) < 4.78 is 0. The zero-order valence-corrected chi connectivity index (χ0v) is 11.6. The second-order valence-electron chi connectivity index (χ2n) is 4.82. The molecule has 0 radical (unpaired) electrons. The van der Waals surface area contributed by atoms with Gasteiger partial charge >= 0.3 is 29.6 Å². The van der Waals surface area contributed by atoms with Gasteiger partial charge in [-0.2, -0.15) is 0 Å². The Kier molecular flexibility index (Phi) is 10.8. The summed E-state index contributed by atoms with van der Waals surface area (Å²) in [6.07, 6.45) is 10.9. The molecule has 1 aromatic carbocycles. The van der Waals surface area contributed by atoms with Crippen LogP contribution in [0.5, 0.6) is 0 Å². The van der Waals surface area contributed by atoms with Crippen LogP contribution in [0, 0.1) is 5.92 Å². The second kappa shape index (κ2) is 10.8. The number of rotatable bonds is 7. The average molecular weight is 254 g/mol. The molecule has 0 saturated heterocycles. The summed E-state index contributed by atoms with van der Waals surface area (Å²) in [6.45, 7) is 6.68. The number of hydrogen-bond donors (Lipinski definition) is 0. The molecule has 96 valence electrons. The van der Waals surface area contributed by atoms with Crippen molar-refractivity contribution in [3.63, 3.8) is 0 Å². The molecule has 0 bridgehead atoms. The molecule has 0 fully saturated rings. The van der Waals surface area contributed by atoms with Gasteiger partial charge in [0, 0.05) is 0 Å². The summed E-state index contributed by atoms with van der Waals surface area (Å²) in [5.74, 6) is 0.848. The van der Waals surface area contributed by atoms with Crippen LogP contribution in [-0.4, -0.2) is 29.6 Å². The Labute approximate surface area is 135 Å². The quantitative estimate of drug-likeness (QED) is 0.611. The van der Waals surface area contributed by atoms with E-state index in [-0.39, 0.29) is 29.6 Å². The normalized spacial score (nSPS) is 12.4. The van der Waals surface area contributed by atoms with Crippen molar-refractivity contribution < 1.29 is 0 Å². The van der Waals surface area contributed by atoms with E-state index >= 15 is 0 Å². The molecule has 0 spiro atoms. The van der Waals surface area contributed by atoms with Gasteiger partial charge in [0.1, 0.15) is 0 Å². The molecule has 1 atom stereocenters. The zero-order valence-electron chi connectivity index (χ0n) is 11.6. The van der Waals surface area contributed by atoms with Crippen molar-refractivity contribution in [3.05, 3.63) is 41.5 Å². The van der Waals surface area contributed by atoms with Crippen LogP contribution in [-0.2, 0) is 6.42 Å². The molecule has 0 saturated carbocycles. The molecule has 1 heteroatoms. The van der Waals surface area contributed by atoms with E-state index in [9.17, 15) is 0 Å². The molecule has 0 aliphatic heterocycles. The van der Waals surface area contributed by atoms with Crippen LogP contribution in [0.25, 0.3) is 6.08 Å². The number of unbranched alkanes of at least 4 members (excludes halogenated alkanes) is 1. The molecule has 0 nitrogen and oxygen atoms in total. The van der Waals surface area contributed by atoms with Crippen LogP contribution in [0.2, 0.25) is 0 Å². The monoisotopic (exact) mass is 254 g/mol. The van der Waals surface area contributed by atoms with Gasteiger partial charge in [0.25, 0.3) is 0 Å². The van der Waals surface area contributed by atoms with Gasteiger partial charge in [0.05, 0.1) is 0 Å². The van der Waals surface area contributed by atoms with Crippen LogP contribution < -0.4 is 0 Å². The molecule has 1 unspecified atom stereocenters. The van der Waals surface area contributed by atoms with E-state index in [1.54, 1.807) is 0 Å². The van der Waals surface area contributed by atoms with E-state index in [0.717, 1.165) is 5.92 Å². The first-order valence-electron chi connectivity index (χ1n) is 7.02. The van der Waals surface area contributed by atoms with Gasteiger partial charge in [-0.1, -0.05) is 75.9 Å². The van der Waals surface area contributed by atoms with Gasteiger partial charge in [-0.3, -0.25) is 0 Å². The van der Waals surface area contributed by atoms with E-state index < -0.39 is 0 Å². The van der Waals surface area contributed by atoms with Crippen molar-refractivity contribution in [2.24, 2.45) is 5.92 Å². The molecule has 18 heavy (non-hydrogen) atoms. The summed E-state index contributed by atoms with van der Waals surface area (Å²) in [6, 6.07) is 8.80. The van der Waals surface area contributed by atoms with E-state index in [2.05, 4.69) is 57.2 Å². The maximum absolute atomic E-state index is 2.32. The van der Waals surface area contributed by atoms with Gasteiger partial charge < -0.3 is 0 Å². The average Bonchev–Trinajstić information content (AvgIpc) is 2.36. The molecular weight excluding hydrogens is 227 g/mol. The van der Waals surface area contributed by atoms with Crippen LogP contribution in [0.4, 0.5) is 0 Å². The topological polar surface area (TPSA) is 0 Å².